The van der Waals surface area contributed by atoms with E-state index in [1.54, 1.807) is 13.1 Å². The lowest BCUT2D eigenvalue weighted by Gasteiger charge is -2.14. The van der Waals surface area contributed by atoms with Crippen molar-refractivity contribution in [1.29, 1.82) is 0 Å². The van der Waals surface area contributed by atoms with Crippen molar-refractivity contribution in [3.05, 3.63) is 44.3 Å². The highest BCUT2D eigenvalue weighted by molar-refractivity contribution is 9.10. The number of halogens is 1. The van der Waals surface area contributed by atoms with Crippen molar-refractivity contribution >= 4 is 28.1 Å². The van der Waals surface area contributed by atoms with E-state index in [1.165, 1.54) is 6.07 Å². The second-order valence-corrected chi connectivity index (χ2v) is 6.07. The molecule has 0 radical (unpaired) electrons. The fourth-order valence-corrected chi connectivity index (χ4v) is 2.64. The van der Waals surface area contributed by atoms with Crippen molar-refractivity contribution in [3.8, 4) is 11.5 Å². The first-order valence-electron chi connectivity index (χ1n) is 7.99. The number of nitrogens with one attached hydrogen (secondary N) is 2. The molecule has 134 valence electrons. The summed E-state index contributed by atoms with van der Waals surface area (Å²) >= 11 is 3.51. The van der Waals surface area contributed by atoms with Gasteiger partial charge >= 0.3 is 0 Å². The number of aryl methyl sites for hydroxylation is 1. The molecule has 25 heavy (non-hydrogen) atoms. The molecule has 0 aliphatic rings. The Hall–Kier alpha value is -2.35. The summed E-state index contributed by atoms with van der Waals surface area (Å²) in [6, 6.07) is 5.14. The van der Waals surface area contributed by atoms with Crippen molar-refractivity contribution in [2.24, 2.45) is 5.10 Å². The molecule has 1 aromatic carbocycles. The molecule has 2 rings (SSSR count). The van der Waals surface area contributed by atoms with Crippen LogP contribution in [0.2, 0.25) is 0 Å². The van der Waals surface area contributed by atoms with Crippen LogP contribution in [0.4, 0.5) is 5.95 Å². The first-order chi connectivity index (χ1) is 12.0. The van der Waals surface area contributed by atoms with Crippen LogP contribution in [0.15, 0.2) is 32.6 Å². The summed E-state index contributed by atoms with van der Waals surface area (Å²) in [6.07, 6.45) is 2.52. The average molecular weight is 409 g/mol. The Morgan fingerprint density at radius 1 is 1.32 bits per heavy atom. The van der Waals surface area contributed by atoms with Gasteiger partial charge in [-0.15, -0.1) is 0 Å². The van der Waals surface area contributed by atoms with Gasteiger partial charge in [-0.05, 0) is 53.9 Å². The lowest BCUT2D eigenvalue weighted by atomic mass is 10.2. The fraction of sp³-hybridized carbons (Fsp3) is 0.353. The first-order valence-corrected chi connectivity index (χ1v) is 8.79. The fourth-order valence-electron chi connectivity index (χ4n) is 2.07. The van der Waals surface area contributed by atoms with E-state index in [4.69, 9.17) is 9.47 Å². The predicted molar refractivity (Wildman–Crippen MR) is 102 cm³/mol. The van der Waals surface area contributed by atoms with Crippen molar-refractivity contribution in [3.63, 3.8) is 0 Å². The van der Waals surface area contributed by atoms with Crippen LogP contribution >= 0.6 is 15.9 Å². The maximum atomic E-state index is 11.4. The molecule has 0 spiro atoms. The SMILES string of the molecule is CCCOc1c(Br)cc(/C=N\Nc2nc(C)cc(=O)[nH]2)cc1OCC. The van der Waals surface area contributed by atoms with E-state index in [2.05, 4.69) is 36.4 Å². The van der Waals surface area contributed by atoms with Gasteiger partial charge in [-0.25, -0.2) is 10.4 Å². The van der Waals surface area contributed by atoms with Gasteiger partial charge < -0.3 is 9.47 Å². The first kappa shape index (κ1) is 19.0. The highest BCUT2D eigenvalue weighted by Gasteiger charge is 2.11. The number of anilines is 1. The topological polar surface area (TPSA) is 88.6 Å². The Labute approximate surface area is 154 Å². The Morgan fingerprint density at radius 3 is 2.80 bits per heavy atom. The molecule has 8 heteroatoms. The van der Waals surface area contributed by atoms with Crippen molar-refractivity contribution in [1.82, 2.24) is 9.97 Å². The number of nitrogens with zero attached hydrogens (tertiary/aromatic N) is 2. The number of aromatic nitrogens is 2. The van der Waals surface area contributed by atoms with Gasteiger partial charge in [0.25, 0.3) is 5.56 Å². The monoisotopic (exact) mass is 408 g/mol. The molecule has 1 heterocycles. The molecule has 1 aromatic heterocycles. The summed E-state index contributed by atoms with van der Waals surface area (Å²) in [4.78, 5) is 18.1. The number of ether oxygens (including phenoxy) is 2. The highest BCUT2D eigenvalue weighted by atomic mass is 79.9. The van der Waals surface area contributed by atoms with Crippen LogP contribution in [0.3, 0.4) is 0 Å². The van der Waals surface area contributed by atoms with E-state index in [0.717, 1.165) is 16.5 Å². The van der Waals surface area contributed by atoms with E-state index < -0.39 is 0 Å². The minimum atomic E-state index is -0.232. The van der Waals surface area contributed by atoms with Gasteiger partial charge in [-0.2, -0.15) is 5.10 Å². The third-order valence-electron chi connectivity index (χ3n) is 3.04. The standard InChI is InChI=1S/C17H21BrN4O3/c1-4-6-25-16-13(18)8-12(9-14(16)24-5-2)10-19-22-17-20-11(3)7-15(23)21-17/h7-10H,4-6H2,1-3H3,(H2,20,21,22,23)/b19-10-. The number of H-pyrrole nitrogens is 1. The highest BCUT2D eigenvalue weighted by Crippen LogP contribution is 2.36. The third-order valence-corrected chi connectivity index (χ3v) is 3.63. The Balaban J connectivity index is 2.19. The number of hydrogen-bond donors (Lipinski definition) is 2. The quantitative estimate of drug-likeness (QED) is 0.515. The molecular weight excluding hydrogens is 388 g/mol. The van der Waals surface area contributed by atoms with Gasteiger partial charge in [0.05, 0.1) is 23.9 Å². The smallest absolute Gasteiger partial charge is 0.252 e. The number of benzene rings is 1. The summed E-state index contributed by atoms with van der Waals surface area (Å²) in [5.74, 6) is 1.61. The van der Waals surface area contributed by atoms with Crippen LogP contribution in [0, 0.1) is 6.92 Å². The average Bonchev–Trinajstić information content (AvgIpc) is 2.53. The molecule has 0 aliphatic carbocycles. The lowest BCUT2D eigenvalue weighted by Crippen LogP contribution is -2.10. The summed E-state index contributed by atoms with van der Waals surface area (Å²) in [6.45, 7) is 6.84. The maximum absolute atomic E-state index is 11.4. The zero-order valence-corrected chi connectivity index (χ0v) is 16.0. The third kappa shape index (κ3) is 5.60. The van der Waals surface area contributed by atoms with E-state index in [1.807, 2.05) is 26.0 Å². The van der Waals surface area contributed by atoms with E-state index in [0.29, 0.717) is 30.4 Å². The normalized spacial score (nSPS) is 10.9. The molecule has 0 atom stereocenters. The summed E-state index contributed by atoms with van der Waals surface area (Å²) in [5, 5.41) is 4.10. The van der Waals surface area contributed by atoms with Gasteiger partial charge in [0.15, 0.2) is 11.5 Å². The molecule has 0 amide bonds. The molecule has 0 fully saturated rings. The molecule has 2 aromatic rings. The molecule has 0 saturated carbocycles. The Morgan fingerprint density at radius 2 is 2.12 bits per heavy atom. The van der Waals surface area contributed by atoms with Crippen LogP contribution in [-0.2, 0) is 0 Å². The summed E-state index contributed by atoms with van der Waals surface area (Å²) in [5.41, 5.74) is 3.90. The Kier molecular flexibility index (Phi) is 7.00. The van der Waals surface area contributed by atoms with Gasteiger partial charge in [0.1, 0.15) is 0 Å². The van der Waals surface area contributed by atoms with Gasteiger partial charge in [0.2, 0.25) is 5.95 Å². The second-order valence-electron chi connectivity index (χ2n) is 5.22. The number of aromatic amines is 1. The zero-order chi connectivity index (χ0) is 18.2. The Bertz CT molecular complexity index is 805. The van der Waals surface area contributed by atoms with Gasteiger partial charge in [0, 0.05) is 11.8 Å². The van der Waals surface area contributed by atoms with E-state index in [9.17, 15) is 4.79 Å². The molecule has 0 saturated heterocycles. The molecule has 0 aliphatic heterocycles. The van der Waals surface area contributed by atoms with Crippen LogP contribution in [0.25, 0.3) is 0 Å². The van der Waals surface area contributed by atoms with Gasteiger partial charge in [-0.1, -0.05) is 6.92 Å². The van der Waals surface area contributed by atoms with Crippen LogP contribution < -0.4 is 20.5 Å². The zero-order valence-electron chi connectivity index (χ0n) is 14.4. The van der Waals surface area contributed by atoms with Crippen LogP contribution in [-0.4, -0.2) is 29.4 Å². The van der Waals surface area contributed by atoms with E-state index >= 15 is 0 Å². The largest absolute Gasteiger partial charge is 0.490 e. The van der Waals surface area contributed by atoms with Crippen LogP contribution in [0.5, 0.6) is 11.5 Å². The maximum Gasteiger partial charge on any atom is 0.252 e. The molecule has 0 bridgehead atoms. The van der Waals surface area contributed by atoms with Crippen LogP contribution in [0.1, 0.15) is 31.5 Å². The lowest BCUT2D eigenvalue weighted by molar-refractivity contribution is 0.275. The van der Waals surface area contributed by atoms with Crippen molar-refractivity contribution in [2.45, 2.75) is 27.2 Å². The number of hydrazone groups is 1. The number of hydrogen-bond acceptors (Lipinski definition) is 6. The summed E-state index contributed by atoms with van der Waals surface area (Å²) in [7, 11) is 0. The van der Waals surface area contributed by atoms with E-state index in [-0.39, 0.29) is 11.5 Å². The minimum Gasteiger partial charge on any atom is -0.490 e. The molecule has 0 unspecified atom stereocenters. The van der Waals surface area contributed by atoms with Crippen molar-refractivity contribution < 1.29 is 9.47 Å². The predicted octanol–water partition coefficient (Wildman–Crippen LogP) is 3.47. The number of rotatable bonds is 8. The second kappa shape index (κ2) is 9.22. The molecular formula is C17H21BrN4O3. The molecule has 7 nitrogen and oxygen atoms in total. The minimum absolute atomic E-state index is 0.232. The van der Waals surface area contributed by atoms with Gasteiger partial charge in [-0.3, -0.25) is 9.78 Å². The molecule has 2 N–H and O–H groups in total. The summed E-state index contributed by atoms with van der Waals surface area (Å²) < 4.78 is 12.2. The van der Waals surface area contributed by atoms with Crippen molar-refractivity contribution in [2.75, 3.05) is 18.6 Å².